The Labute approximate surface area is 393 Å². The summed E-state index contributed by atoms with van der Waals surface area (Å²) >= 11 is 0. The van der Waals surface area contributed by atoms with E-state index in [4.69, 9.17) is 15.0 Å². The first-order chi connectivity index (χ1) is 33.1. The molecule has 0 amide bonds. The largest absolute Gasteiger partial charge is 0.339 e. The van der Waals surface area contributed by atoms with Crippen LogP contribution in [0.25, 0.3) is 49.0 Å². The van der Waals surface area contributed by atoms with Gasteiger partial charge in [-0.05, 0) is 123 Å². The van der Waals surface area contributed by atoms with Gasteiger partial charge < -0.3 is 16.0 Å². The molecule has 3 heterocycles. The van der Waals surface area contributed by atoms with E-state index in [1.165, 1.54) is 65.7 Å². The Morgan fingerprint density at radius 1 is 0.324 bits per heavy atom. The summed E-state index contributed by atoms with van der Waals surface area (Å²) in [6.45, 7) is 18.6. The molecule has 0 saturated carbocycles. The second-order valence-corrected chi connectivity index (χ2v) is 19.5. The number of rotatable bonds is 6. The number of hydrogen-bond acceptors (Lipinski definition) is 6. The molecule has 3 N–H and O–H groups in total. The van der Waals surface area contributed by atoms with Crippen LogP contribution in [-0.4, -0.2) is 17.5 Å². The fourth-order valence-corrected chi connectivity index (χ4v) is 13.0. The van der Waals surface area contributed by atoms with Crippen LogP contribution in [-0.2, 0) is 10.8 Å². The smallest absolute Gasteiger partial charge is 0.138 e. The van der Waals surface area contributed by atoms with Crippen LogP contribution in [0.2, 0.25) is 0 Å². The van der Waals surface area contributed by atoms with Crippen molar-refractivity contribution < 1.29 is 0 Å². The van der Waals surface area contributed by atoms with Gasteiger partial charge in [0.1, 0.15) is 17.5 Å². The first-order valence-electron chi connectivity index (χ1n) is 23.3. The minimum atomic E-state index is -0.599. The summed E-state index contributed by atoms with van der Waals surface area (Å²) in [5.41, 5.74) is 22.4. The Morgan fingerprint density at radius 2 is 0.574 bits per heavy atom. The first-order valence-corrected chi connectivity index (χ1v) is 23.3. The lowest BCUT2D eigenvalue weighted by Gasteiger charge is -2.40. The van der Waals surface area contributed by atoms with E-state index < -0.39 is 10.8 Å². The van der Waals surface area contributed by atoms with Crippen molar-refractivity contribution in [3.05, 3.63) is 232 Å². The minimum Gasteiger partial charge on any atom is -0.339 e. The molecule has 0 unspecified atom stereocenters. The Bertz CT molecular complexity index is 3600. The monoisotopic (exact) mass is 870 g/mol. The summed E-state index contributed by atoms with van der Waals surface area (Å²) in [4.78, 5) is 16.1. The molecule has 0 spiro atoms. The third-order valence-corrected chi connectivity index (χ3v) is 15.8. The van der Waals surface area contributed by atoms with Crippen LogP contribution in [0, 0.1) is 0 Å². The van der Waals surface area contributed by atoms with Crippen molar-refractivity contribution in [3.63, 3.8) is 0 Å². The van der Waals surface area contributed by atoms with Gasteiger partial charge in [-0.2, -0.15) is 0 Å². The Morgan fingerprint density at radius 3 is 0.824 bits per heavy atom. The Kier molecular flexibility index (Phi) is 6.98. The maximum absolute atomic E-state index is 5.37. The average Bonchev–Trinajstić information content (AvgIpc) is 3.91. The van der Waals surface area contributed by atoms with Gasteiger partial charge in [0, 0.05) is 49.9 Å². The quantitative estimate of drug-likeness (QED) is 0.156. The van der Waals surface area contributed by atoms with Crippen molar-refractivity contribution >= 4 is 101 Å². The molecule has 6 aliphatic rings. The summed E-state index contributed by atoms with van der Waals surface area (Å²) in [6.07, 6.45) is 0. The number of anilines is 3. The number of hydrogen-bond donors (Lipinski definition) is 3. The number of amidine groups is 3. The highest BCUT2D eigenvalue weighted by molar-refractivity contribution is 6.28. The number of nitrogens with zero attached hydrogens (tertiary/aromatic N) is 3. The molecule has 0 aromatic heterocycles. The van der Waals surface area contributed by atoms with Crippen molar-refractivity contribution in [1.82, 2.24) is 0 Å². The van der Waals surface area contributed by atoms with Gasteiger partial charge in [-0.15, -0.1) is 0 Å². The molecule has 3 aliphatic heterocycles. The summed E-state index contributed by atoms with van der Waals surface area (Å²) in [5.74, 6) is 2.53. The van der Waals surface area contributed by atoms with E-state index in [9.17, 15) is 0 Å². The first kappa shape index (κ1) is 37.6. The lowest BCUT2D eigenvalue weighted by molar-refractivity contribution is 0.492. The van der Waals surface area contributed by atoms with Crippen molar-refractivity contribution in [2.75, 3.05) is 16.0 Å². The highest BCUT2D eigenvalue weighted by atomic mass is 15.0. The molecule has 0 bridgehead atoms. The fraction of sp³-hybridized carbons (Fsp3) is 0.0806. The summed E-state index contributed by atoms with van der Waals surface area (Å²) < 4.78 is 0. The van der Waals surface area contributed by atoms with Crippen molar-refractivity contribution in [2.45, 2.75) is 31.6 Å². The fourth-order valence-electron chi connectivity index (χ4n) is 13.0. The van der Waals surface area contributed by atoms with Crippen LogP contribution < -0.4 is 16.0 Å². The summed E-state index contributed by atoms with van der Waals surface area (Å²) in [6, 6.07) is 53.7. The number of allylic oxidation sites excluding steroid dienone is 3. The molecule has 68 heavy (non-hydrogen) atoms. The predicted octanol–water partition coefficient (Wildman–Crippen LogP) is 15.1. The maximum Gasteiger partial charge on any atom is 0.138 e. The molecule has 6 nitrogen and oxygen atoms in total. The van der Waals surface area contributed by atoms with Gasteiger partial charge >= 0.3 is 0 Å². The van der Waals surface area contributed by atoms with Crippen molar-refractivity contribution in [3.8, 4) is 0 Å². The maximum atomic E-state index is 5.37. The van der Waals surface area contributed by atoms with Crippen LogP contribution >= 0.6 is 0 Å². The zero-order valence-electron chi connectivity index (χ0n) is 37.8. The molecule has 6 heteroatoms. The van der Waals surface area contributed by atoms with E-state index in [-0.39, 0.29) is 0 Å². The molecular formula is C62H42N6. The van der Waals surface area contributed by atoms with Gasteiger partial charge in [0.25, 0.3) is 0 Å². The molecular weight excluding hydrogens is 829 g/mol. The molecule has 0 atom stereocenters. The second kappa shape index (κ2) is 12.6. The standard InChI is InChI=1S/C62H42N6/c1-31(2)34-7-13-37(14-8-34)58-63-46-25-19-40-52-41(20-26-47(64-58)55(46)52)62-43-22-28-49-56-48(65-59(66-49)38-15-9-35(10-16-38)32(3)4)27-21-42(53(43)56)61(40,62)44-23-29-50-57-51(30-24-45(62)54(44)57)68-60(67-50)39-17-11-36(12-18-39)33(5)6/h7-30H,1,3,5H2,2,4,6H3,(H,63,64)(H,65,66)(H,67,68). The Hall–Kier alpha value is -8.61. The highest BCUT2D eigenvalue weighted by Crippen LogP contribution is 2.77. The predicted molar refractivity (Wildman–Crippen MR) is 285 cm³/mol. The van der Waals surface area contributed by atoms with E-state index in [1.807, 2.05) is 20.8 Å². The van der Waals surface area contributed by atoms with Crippen LogP contribution in [0.1, 0.15) is 87.5 Å². The van der Waals surface area contributed by atoms with Gasteiger partial charge in [-0.3, -0.25) is 0 Å². The zero-order valence-corrected chi connectivity index (χ0v) is 37.8. The lowest BCUT2D eigenvalue weighted by atomic mass is 9.59. The summed E-state index contributed by atoms with van der Waals surface area (Å²) in [5, 5.41) is 18.7. The molecule has 15 rings (SSSR count). The van der Waals surface area contributed by atoms with E-state index in [0.717, 1.165) is 102 Å². The van der Waals surface area contributed by atoms with E-state index in [1.54, 1.807) is 0 Å². The molecule has 0 saturated heterocycles. The van der Waals surface area contributed by atoms with Crippen LogP contribution in [0.4, 0.5) is 34.1 Å². The van der Waals surface area contributed by atoms with Gasteiger partial charge in [-0.25, -0.2) is 15.0 Å². The van der Waals surface area contributed by atoms with Gasteiger partial charge in [-0.1, -0.05) is 146 Å². The SMILES string of the molecule is C=C(C)c1ccc(C2=Nc3ccc4c5c(ccc(c35)N2)C23c5ccc6c7c(ccc(c57)C42c2ccc4c5c(ccc3c25)NC(c2ccc(C(=C)C)cc2)=N4)N=C(c2ccc(C(=C)C)cc2)N6)cc1. The van der Waals surface area contributed by atoms with Gasteiger partial charge in [0.2, 0.25) is 0 Å². The highest BCUT2D eigenvalue weighted by Gasteiger charge is 2.70. The normalized spacial score (nSPS) is 18.8. The molecule has 9 aromatic rings. The third kappa shape index (κ3) is 4.37. The second-order valence-electron chi connectivity index (χ2n) is 19.5. The topological polar surface area (TPSA) is 73.2 Å². The molecule has 9 aromatic carbocycles. The average molecular weight is 871 g/mol. The minimum absolute atomic E-state index is 0.599. The third-order valence-electron chi connectivity index (χ3n) is 15.8. The summed E-state index contributed by atoms with van der Waals surface area (Å²) in [7, 11) is 0. The lowest BCUT2D eigenvalue weighted by Crippen LogP contribution is -2.42. The van der Waals surface area contributed by atoms with Gasteiger partial charge in [0.05, 0.1) is 27.9 Å². The van der Waals surface area contributed by atoms with E-state index >= 15 is 0 Å². The van der Waals surface area contributed by atoms with Crippen molar-refractivity contribution in [2.24, 2.45) is 15.0 Å². The number of aliphatic imine (C=N–C) groups is 3. The van der Waals surface area contributed by atoms with Gasteiger partial charge in [0.15, 0.2) is 0 Å². The van der Waals surface area contributed by atoms with E-state index in [0.29, 0.717) is 0 Å². The van der Waals surface area contributed by atoms with Crippen molar-refractivity contribution in [1.29, 1.82) is 0 Å². The zero-order chi connectivity index (χ0) is 45.5. The van der Waals surface area contributed by atoms with Crippen LogP contribution in [0.3, 0.4) is 0 Å². The Balaban J connectivity index is 0.986. The molecule has 0 radical (unpaired) electrons. The van der Waals surface area contributed by atoms with Crippen LogP contribution in [0.5, 0.6) is 0 Å². The molecule has 320 valence electrons. The molecule has 0 fully saturated rings. The molecule has 3 aliphatic carbocycles. The number of nitrogens with one attached hydrogen (secondary N) is 3. The van der Waals surface area contributed by atoms with Crippen LogP contribution in [0.15, 0.2) is 180 Å². The number of benzene rings is 9. The van der Waals surface area contributed by atoms with E-state index in [2.05, 4.69) is 181 Å².